The Hall–Kier alpha value is -1.59. The Morgan fingerprint density at radius 2 is 1.73 bits per heavy atom. The van der Waals surface area contributed by atoms with Crippen LogP contribution in [0.5, 0.6) is 0 Å². The number of amides is 2. The summed E-state index contributed by atoms with van der Waals surface area (Å²) in [5.41, 5.74) is 0.463. The van der Waals surface area contributed by atoms with Crippen molar-refractivity contribution in [2.45, 2.75) is 55.9 Å². The van der Waals surface area contributed by atoms with E-state index >= 15 is 0 Å². The molecule has 0 bridgehead atoms. The summed E-state index contributed by atoms with van der Waals surface area (Å²) in [6, 6.07) is 7.73. The zero-order valence-electron chi connectivity index (χ0n) is 15.2. The summed E-state index contributed by atoms with van der Waals surface area (Å²) in [6.07, 6.45) is 5.82. The predicted molar refractivity (Wildman–Crippen MR) is 98.6 cm³/mol. The molecule has 1 aromatic rings. The quantitative estimate of drug-likeness (QED) is 0.813. The van der Waals surface area contributed by atoms with E-state index in [0.29, 0.717) is 24.5 Å². The van der Waals surface area contributed by atoms with E-state index in [9.17, 15) is 9.59 Å². The van der Waals surface area contributed by atoms with Gasteiger partial charge in [-0.1, -0.05) is 30.2 Å². The molecule has 1 spiro atoms. The second kappa shape index (κ2) is 6.54. The van der Waals surface area contributed by atoms with Crippen LogP contribution in [0.4, 0.5) is 0 Å². The van der Waals surface area contributed by atoms with Crippen molar-refractivity contribution in [2.75, 3.05) is 20.2 Å². The van der Waals surface area contributed by atoms with Gasteiger partial charge < -0.3 is 4.90 Å². The Balaban J connectivity index is 1.50. The molecule has 1 saturated carbocycles. The van der Waals surface area contributed by atoms with Crippen LogP contribution in [-0.2, 0) is 19.8 Å². The number of likely N-dealkylation sites (tertiary alicyclic amines) is 1. The molecule has 2 saturated heterocycles. The highest BCUT2D eigenvalue weighted by Crippen LogP contribution is 2.47. The van der Waals surface area contributed by atoms with E-state index in [1.54, 1.807) is 12.2 Å². The smallest absolute Gasteiger partial charge is 0.246 e. The first kappa shape index (κ1) is 17.8. The first-order valence-electron chi connectivity index (χ1n) is 9.43. The number of hydroxylamine groups is 2. The number of rotatable bonds is 3. The number of carbonyl (C=O) groups is 2. The number of nitrogens with zero attached hydrogens (tertiary/aromatic N) is 2. The Morgan fingerprint density at radius 1 is 1.08 bits per heavy atom. The number of benzene rings is 1. The van der Waals surface area contributed by atoms with Crippen LogP contribution in [0.1, 0.15) is 50.5 Å². The topological polar surface area (TPSA) is 49.9 Å². The monoisotopic (exact) mass is 376 g/mol. The Labute approximate surface area is 159 Å². The fourth-order valence-electron chi connectivity index (χ4n) is 4.91. The molecule has 1 aromatic carbocycles. The third-order valence-corrected chi connectivity index (χ3v) is 6.89. The molecule has 0 N–H and O–H groups in total. The molecular weight excluding hydrogens is 352 g/mol. The summed E-state index contributed by atoms with van der Waals surface area (Å²) < 4.78 is 0. The van der Waals surface area contributed by atoms with Gasteiger partial charge in [0.15, 0.2) is 0 Å². The molecule has 5 nitrogen and oxygen atoms in total. The second-order valence-electron chi connectivity index (χ2n) is 7.83. The normalized spacial score (nSPS) is 24.0. The molecule has 3 fully saturated rings. The largest absolute Gasteiger partial charge is 0.342 e. The summed E-state index contributed by atoms with van der Waals surface area (Å²) in [5.74, 6) is 0.290. The molecule has 3 aliphatic rings. The highest BCUT2D eigenvalue weighted by molar-refractivity contribution is 6.30. The van der Waals surface area contributed by atoms with Gasteiger partial charge in [0.05, 0.1) is 18.1 Å². The van der Waals surface area contributed by atoms with Gasteiger partial charge in [-0.2, -0.15) is 0 Å². The summed E-state index contributed by atoms with van der Waals surface area (Å²) in [7, 11) is 1.56. The van der Waals surface area contributed by atoms with Gasteiger partial charge in [0.1, 0.15) is 0 Å². The Bertz CT molecular complexity index is 706. The highest BCUT2D eigenvalue weighted by Gasteiger charge is 2.52. The molecule has 2 aliphatic heterocycles. The van der Waals surface area contributed by atoms with Crippen LogP contribution >= 0.6 is 11.6 Å². The van der Waals surface area contributed by atoms with E-state index in [-0.39, 0.29) is 22.8 Å². The van der Waals surface area contributed by atoms with Crippen LogP contribution in [0.2, 0.25) is 5.02 Å². The third kappa shape index (κ3) is 2.64. The van der Waals surface area contributed by atoms with Gasteiger partial charge in [-0.3, -0.25) is 14.4 Å². The SMILES string of the molecule is CON1C(=O)CCC12CCN(C(=O)C1(c3ccc(Cl)cc3)CCC1)CC2. The number of piperidine rings is 1. The fourth-order valence-corrected chi connectivity index (χ4v) is 5.04. The minimum atomic E-state index is -0.387. The molecule has 0 aromatic heterocycles. The molecular formula is C20H25ClN2O3. The zero-order valence-corrected chi connectivity index (χ0v) is 15.9. The molecule has 26 heavy (non-hydrogen) atoms. The van der Waals surface area contributed by atoms with Crippen LogP contribution in [-0.4, -0.2) is 47.5 Å². The van der Waals surface area contributed by atoms with E-state index in [4.69, 9.17) is 16.4 Å². The minimum Gasteiger partial charge on any atom is -0.342 e. The molecule has 6 heteroatoms. The van der Waals surface area contributed by atoms with Crippen LogP contribution in [0.3, 0.4) is 0 Å². The van der Waals surface area contributed by atoms with Gasteiger partial charge in [-0.15, -0.1) is 0 Å². The Morgan fingerprint density at radius 3 is 2.27 bits per heavy atom. The summed E-state index contributed by atoms with van der Waals surface area (Å²) in [5, 5.41) is 2.26. The van der Waals surface area contributed by atoms with Crippen molar-refractivity contribution >= 4 is 23.4 Å². The van der Waals surface area contributed by atoms with Crippen LogP contribution in [0.25, 0.3) is 0 Å². The maximum Gasteiger partial charge on any atom is 0.246 e. The van der Waals surface area contributed by atoms with E-state index in [2.05, 4.69) is 0 Å². The molecule has 140 valence electrons. The lowest BCUT2D eigenvalue weighted by molar-refractivity contribution is -0.203. The molecule has 4 rings (SSSR count). The van der Waals surface area contributed by atoms with E-state index in [1.807, 2.05) is 29.2 Å². The van der Waals surface area contributed by atoms with Crippen molar-refractivity contribution < 1.29 is 14.4 Å². The Kier molecular flexibility index (Phi) is 4.48. The standard InChI is InChI=1S/C20H25ClN2O3/c1-26-23-17(24)7-10-19(23)11-13-22(14-12-19)18(25)20(8-2-9-20)15-3-5-16(21)6-4-15/h3-6H,2,7-14H2,1H3. The molecule has 1 aliphatic carbocycles. The van der Waals surface area contributed by atoms with Crippen molar-refractivity contribution in [3.05, 3.63) is 34.9 Å². The van der Waals surface area contributed by atoms with Crippen molar-refractivity contribution in [3.8, 4) is 0 Å². The van der Waals surface area contributed by atoms with Crippen molar-refractivity contribution in [1.82, 2.24) is 9.96 Å². The lowest BCUT2D eigenvalue weighted by Crippen LogP contribution is -2.58. The van der Waals surface area contributed by atoms with Gasteiger partial charge in [-0.05, 0) is 49.8 Å². The third-order valence-electron chi connectivity index (χ3n) is 6.64. The average Bonchev–Trinajstić information content (AvgIpc) is 2.91. The highest BCUT2D eigenvalue weighted by atomic mass is 35.5. The van der Waals surface area contributed by atoms with Crippen molar-refractivity contribution in [2.24, 2.45) is 0 Å². The lowest BCUT2D eigenvalue weighted by Gasteiger charge is -2.48. The lowest BCUT2D eigenvalue weighted by atomic mass is 9.63. The number of carbonyl (C=O) groups excluding carboxylic acids is 2. The van der Waals surface area contributed by atoms with Crippen molar-refractivity contribution in [1.29, 1.82) is 0 Å². The van der Waals surface area contributed by atoms with Crippen LogP contribution in [0, 0.1) is 0 Å². The van der Waals surface area contributed by atoms with Crippen LogP contribution in [0.15, 0.2) is 24.3 Å². The zero-order chi connectivity index (χ0) is 18.4. The van der Waals surface area contributed by atoms with Gasteiger partial charge in [0, 0.05) is 24.5 Å². The second-order valence-corrected chi connectivity index (χ2v) is 8.27. The van der Waals surface area contributed by atoms with Crippen molar-refractivity contribution in [3.63, 3.8) is 0 Å². The maximum atomic E-state index is 13.4. The van der Waals surface area contributed by atoms with E-state index in [0.717, 1.165) is 44.1 Å². The molecule has 0 atom stereocenters. The molecule has 2 amide bonds. The minimum absolute atomic E-state index is 0.0592. The predicted octanol–water partition coefficient (Wildman–Crippen LogP) is 3.31. The number of hydrogen-bond acceptors (Lipinski definition) is 3. The fraction of sp³-hybridized carbons (Fsp3) is 0.600. The average molecular weight is 377 g/mol. The summed E-state index contributed by atoms with van der Waals surface area (Å²) in [6.45, 7) is 1.36. The first-order valence-corrected chi connectivity index (χ1v) is 9.81. The molecule has 0 unspecified atom stereocenters. The van der Waals surface area contributed by atoms with Gasteiger partial charge in [0.25, 0.3) is 0 Å². The van der Waals surface area contributed by atoms with E-state index < -0.39 is 0 Å². The van der Waals surface area contributed by atoms with Crippen LogP contribution < -0.4 is 0 Å². The van der Waals surface area contributed by atoms with Gasteiger partial charge in [0.2, 0.25) is 11.8 Å². The van der Waals surface area contributed by atoms with Gasteiger partial charge in [-0.25, -0.2) is 5.06 Å². The summed E-state index contributed by atoms with van der Waals surface area (Å²) >= 11 is 6.02. The maximum absolute atomic E-state index is 13.4. The van der Waals surface area contributed by atoms with Gasteiger partial charge >= 0.3 is 0 Å². The van der Waals surface area contributed by atoms with E-state index in [1.165, 1.54) is 0 Å². The first-order chi connectivity index (χ1) is 12.5. The summed E-state index contributed by atoms with van der Waals surface area (Å²) in [4.78, 5) is 32.8. The number of hydrogen-bond donors (Lipinski definition) is 0. The molecule has 0 radical (unpaired) electrons. The molecule has 2 heterocycles. The number of halogens is 1.